The Bertz CT molecular complexity index is 1580. The summed E-state index contributed by atoms with van der Waals surface area (Å²) in [7, 11) is 0. The van der Waals surface area contributed by atoms with E-state index >= 15 is 0 Å². The molecule has 5 aromatic rings. The van der Waals surface area contributed by atoms with E-state index in [9.17, 15) is 14.8 Å². The number of hydrogen-bond acceptors (Lipinski definition) is 8. The first kappa shape index (κ1) is 22.1. The van der Waals surface area contributed by atoms with E-state index in [0.717, 1.165) is 11.3 Å². The summed E-state index contributed by atoms with van der Waals surface area (Å²) in [6.07, 6.45) is 1.92. The summed E-state index contributed by atoms with van der Waals surface area (Å²) >= 11 is 0. The van der Waals surface area contributed by atoms with Crippen molar-refractivity contribution in [1.82, 2.24) is 34.9 Å². The number of aromatic nitrogens is 7. The molecule has 0 aliphatic heterocycles. The third kappa shape index (κ3) is 4.07. The largest absolute Gasteiger partial charge is 0.396 e. The first-order chi connectivity index (χ1) is 17.0. The number of hydrogen-bond donors (Lipinski definition) is 3. The number of aliphatic hydroxyl groups excluding tert-OH is 1. The average molecular weight is 469 g/mol. The van der Waals surface area contributed by atoms with Gasteiger partial charge in [-0.3, -0.25) is 9.67 Å². The Kier molecular flexibility index (Phi) is 5.64. The first-order valence-electron chi connectivity index (χ1n) is 10.8. The zero-order chi connectivity index (χ0) is 24.5. The van der Waals surface area contributed by atoms with E-state index in [1.807, 2.05) is 19.9 Å². The van der Waals surface area contributed by atoms with E-state index < -0.39 is 5.82 Å². The number of aliphatic hydroxyl groups is 1. The van der Waals surface area contributed by atoms with E-state index in [-0.39, 0.29) is 18.0 Å². The molecule has 1 aromatic carbocycles. The van der Waals surface area contributed by atoms with Gasteiger partial charge in [0, 0.05) is 18.4 Å². The van der Waals surface area contributed by atoms with Crippen molar-refractivity contribution >= 4 is 22.5 Å². The van der Waals surface area contributed by atoms with Gasteiger partial charge in [-0.15, -0.1) is 5.10 Å². The molecule has 0 atom stereocenters. The molecular formula is C24H20FN9O. The van der Waals surface area contributed by atoms with Crippen molar-refractivity contribution in [2.75, 3.05) is 11.9 Å². The molecule has 0 aliphatic rings. The van der Waals surface area contributed by atoms with Crippen LogP contribution in [-0.2, 0) is 6.42 Å². The lowest BCUT2D eigenvalue weighted by Crippen LogP contribution is -2.04. The summed E-state index contributed by atoms with van der Waals surface area (Å²) in [5.41, 5.74) is 4.83. The number of halogens is 1. The van der Waals surface area contributed by atoms with Crippen LogP contribution in [0.2, 0.25) is 0 Å². The van der Waals surface area contributed by atoms with Gasteiger partial charge in [-0.2, -0.15) is 15.5 Å². The molecule has 10 nitrogen and oxygen atoms in total. The fourth-order valence-electron chi connectivity index (χ4n) is 3.86. The molecule has 0 unspecified atom stereocenters. The van der Waals surface area contributed by atoms with Crippen molar-refractivity contribution in [1.29, 1.82) is 5.26 Å². The van der Waals surface area contributed by atoms with Gasteiger partial charge < -0.3 is 10.4 Å². The minimum absolute atomic E-state index is 0.0724. The molecule has 3 N–H and O–H groups in total. The maximum atomic E-state index is 14.8. The van der Waals surface area contributed by atoms with Crippen LogP contribution in [0.15, 0.2) is 42.7 Å². The van der Waals surface area contributed by atoms with Crippen molar-refractivity contribution < 1.29 is 9.50 Å². The number of imidazole rings is 1. The molecule has 0 saturated carbocycles. The van der Waals surface area contributed by atoms with Gasteiger partial charge in [0.15, 0.2) is 11.5 Å². The van der Waals surface area contributed by atoms with Crippen molar-refractivity contribution in [2.24, 2.45) is 0 Å². The molecule has 4 aromatic heterocycles. The molecule has 0 spiro atoms. The highest BCUT2D eigenvalue weighted by Crippen LogP contribution is 2.30. The van der Waals surface area contributed by atoms with E-state index in [4.69, 9.17) is 4.98 Å². The van der Waals surface area contributed by atoms with Gasteiger partial charge in [0.25, 0.3) is 0 Å². The number of fused-ring (bicyclic) bond motifs is 1. The fraction of sp³-hybridized carbons (Fsp3) is 0.167. The Morgan fingerprint density at radius 3 is 2.77 bits per heavy atom. The number of nitriles is 1. The Hall–Kier alpha value is -4.69. The molecule has 0 fully saturated rings. The van der Waals surface area contributed by atoms with E-state index in [0.29, 0.717) is 46.0 Å². The van der Waals surface area contributed by atoms with Crippen LogP contribution in [0.4, 0.5) is 15.9 Å². The van der Waals surface area contributed by atoms with Crippen LogP contribution in [0.5, 0.6) is 0 Å². The van der Waals surface area contributed by atoms with Crippen LogP contribution in [0.25, 0.3) is 28.1 Å². The first-order valence-corrected chi connectivity index (χ1v) is 10.8. The summed E-state index contributed by atoms with van der Waals surface area (Å²) in [6, 6.07) is 12.2. The molecule has 0 radical (unpaired) electrons. The number of benzene rings is 1. The lowest BCUT2D eigenvalue weighted by Gasteiger charge is -2.12. The summed E-state index contributed by atoms with van der Waals surface area (Å²) in [5, 5.41) is 36.9. The number of pyridine rings is 1. The molecule has 35 heavy (non-hydrogen) atoms. The fourth-order valence-corrected chi connectivity index (χ4v) is 3.86. The second-order valence-electron chi connectivity index (χ2n) is 7.96. The zero-order valence-electron chi connectivity index (χ0n) is 18.9. The molecule has 0 amide bonds. The van der Waals surface area contributed by atoms with Gasteiger partial charge in [0.1, 0.15) is 24.0 Å². The lowest BCUT2D eigenvalue weighted by molar-refractivity contribution is 0.299. The van der Waals surface area contributed by atoms with Crippen molar-refractivity contribution in [3.63, 3.8) is 0 Å². The van der Waals surface area contributed by atoms with Gasteiger partial charge in [-0.25, -0.2) is 14.4 Å². The molecule has 4 heterocycles. The average Bonchev–Trinajstić information content (AvgIpc) is 3.44. The Morgan fingerprint density at radius 2 is 2.03 bits per heavy atom. The second-order valence-corrected chi connectivity index (χ2v) is 7.96. The van der Waals surface area contributed by atoms with E-state index in [1.165, 1.54) is 6.07 Å². The minimum atomic E-state index is -0.482. The van der Waals surface area contributed by atoms with Gasteiger partial charge in [0.2, 0.25) is 0 Å². The summed E-state index contributed by atoms with van der Waals surface area (Å²) < 4.78 is 16.5. The number of anilines is 2. The monoisotopic (exact) mass is 469 g/mol. The molecule has 5 rings (SSSR count). The molecular weight excluding hydrogens is 449 g/mol. The third-order valence-electron chi connectivity index (χ3n) is 5.58. The van der Waals surface area contributed by atoms with Crippen molar-refractivity contribution in [3.8, 4) is 23.1 Å². The van der Waals surface area contributed by atoms with Gasteiger partial charge in [-0.1, -0.05) is 6.07 Å². The van der Waals surface area contributed by atoms with E-state index in [2.05, 4.69) is 36.8 Å². The predicted molar refractivity (Wildman–Crippen MR) is 127 cm³/mol. The van der Waals surface area contributed by atoms with Crippen LogP contribution in [0.1, 0.15) is 22.6 Å². The predicted octanol–water partition coefficient (Wildman–Crippen LogP) is 3.51. The Balaban J connectivity index is 1.63. The standard InChI is InChI=1S/C24H20FN9O/c1-13-3-5-21(33-30-13)28-17-10-20-18(9-16(17)25)27-12-34(20)22-6-4-15(7-8-35)24(29-22)23-14(2)31-32-19(23)11-26/h3-6,9-10,12,35H,7-8H2,1-2H3,(H,28,33)(H,31,32). The van der Waals surface area contributed by atoms with Gasteiger partial charge in [-0.05, 0) is 50.1 Å². The van der Waals surface area contributed by atoms with E-state index in [1.54, 1.807) is 35.2 Å². The maximum Gasteiger partial charge on any atom is 0.171 e. The number of rotatable bonds is 6. The highest BCUT2D eigenvalue weighted by Gasteiger charge is 2.19. The van der Waals surface area contributed by atoms with Crippen LogP contribution in [0.3, 0.4) is 0 Å². The minimum Gasteiger partial charge on any atom is -0.396 e. The Morgan fingerprint density at radius 1 is 1.17 bits per heavy atom. The highest BCUT2D eigenvalue weighted by molar-refractivity contribution is 5.83. The third-order valence-corrected chi connectivity index (χ3v) is 5.58. The molecule has 0 aliphatic carbocycles. The summed E-state index contributed by atoms with van der Waals surface area (Å²) in [5.74, 6) is 0.444. The highest BCUT2D eigenvalue weighted by atomic mass is 19.1. The van der Waals surface area contributed by atoms with Crippen LogP contribution < -0.4 is 5.32 Å². The number of nitrogens with one attached hydrogen (secondary N) is 2. The number of aryl methyl sites for hydroxylation is 2. The van der Waals surface area contributed by atoms with Crippen LogP contribution in [-0.4, -0.2) is 46.6 Å². The van der Waals surface area contributed by atoms with Gasteiger partial charge >= 0.3 is 0 Å². The van der Waals surface area contributed by atoms with Crippen molar-refractivity contribution in [2.45, 2.75) is 20.3 Å². The van der Waals surface area contributed by atoms with Crippen molar-refractivity contribution in [3.05, 3.63) is 71.2 Å². The zero-order valence-corrected chi connectivity index (χ0v) is 18.9. The topological polar surface area (TPSA) is 141 Å². The van der Waals surface area contributed by atoms with Crippen LogP contribution in [0, 0.1) is 31.0 Å². The molecule has 174 valence electrons. The number of aromatic amines is 1. The Labute approximate surface area is 199 Å². The number of H-pyrrole nitrogens is 1. The lowest BCUT2D eigenvalue weighted by atomic mass is 10.0. The molecule has 11 heteroatoms. The maximum absolute atomic E-state index is 14.8. The number of nitrogens with zero attached hydrogens (tertiary/aromatic N) is 7. The summed E-state index contributed by atoms with van der Waals surface area (Å²) in [4.78, 5) is 9.14. The molecule has 0 bridgehead atoms. The van der Waals surface area contributed by atoms with Crippen LogP contribution >= 0.6 is 0 Å². The SMILES string of the molecule is Cc1ccc(Nc2cc3c(cc2F)ncn3-c2ccc(CCO)c(-c3c(C#N)n[nH]c3C)n2)nn1. The smallest absolute Gasteiger partial charge is 0.171 e. The molecule has 0 saturated heterocycles. The second kappa shape index (κ2) is 8.92. The normalized spacial score (nSPS) is 11.1. The quantitative estimate of drug-likeness (QED) is 0.343. The summed E-state index contributed by atoms with van der Waals surface area (Å²) in [6.45, 7) is 3.55. The van der Waals surface area contributed by atoms with Gasteiger partial charge in [0.05, 0.1) is 33.7 Å².